The first-order valence-electron chi connectivity index (χ1n) is 9.39. The minimum atomic E-state index is -0.00719. The van der Waals surface area contributed by atoms with Crippen LogP contribution in [0.25, 0.3) is 5.69 Å². The van der Waals surface area contributed by atoms with Gasteiger partial charge in [0.25, 0.3) is 0 Å². The van der Waals surface area contributed by atoms with E-state index in [9.17, 15) is 4.79 Å². The Morgan fingerprint density at radius 1 is 1.38 bits per heavy atom. The van der Waals surface area contributed by atoms with Crippen molar-refractivity contribution in [3.63, 3.8) is 0 Å². The van der Waals surface area contributed by atoms with Crippen LogP contribution in [0.15, 0.2) is 43.0 Å². The van der Waals surface area contributed by atoms with Crippen molar-refractivity contribution in [1.29, 1.82) is 0 Å². The van der Waals surface area contributed by atoms with Crippen LogP contribution in [0.5, 0.6) is 0 Å². The molecule has 1 aliphatic rings. The smallest absolute Gasteiger partial charge is 0.317 e. The molecule has 140 valence electrons. The molecular formula is C20H29N5O. The molecule has 0 aliphatic carbocycles. The first-order valence-corrected chi connectivity index (χ1v) is 9.39. The number of likely N-dealkylation sites (tertiary alicyclic amines) is 1. The van der Waals surface area contributed by atoms with E-state index in [1.165, 1.54) is 0 Å². The van der Waals surface area contributed by atoms with Crippen molar-refractivity contribution >= 4 is 6.03 Å². The summed E-state index contributed by atoms with van der Waals surface area (Å²) in [5.41, 5.74) is 2.11. The summed E-state index contributed by atoms with van der Waals surface area (Å²) < 4.78 is 1.97. The Bertz CT molecular complexity index is 715. The lowest BCUT2D eigenvalue weighted by Gasteiger charge is -2.40. The number of piperidine rings is 1. The van der Waals surface area contributed by atoms with Crippen molar-refractivity contribution < 1.29 is 4.79 Å². The molecular weight excluding hydrogens is 326 g/mol. The van der Waals surface area contributed by atoms with Gasteiger partial charge in [0.15, 0.2) is 0 Å². The van der Waals surface area contributed by atoms with Crippen LogP contribution in [0, 0.1) is 5.92 Å². The van der Waals surface area contributed by atoms with Gasteiger partial charge in [-0.15, -0.1) is 0 Å². The number of nitrogens with one attached hydrogen (secondary N) is 1. The highest BCUT2D eigenvalue weighted by molar-refractivity contribution is 5.74. The Morgan fingerprint density at radius 3 is 2.88 bits per heavy atom. The molecule has 2 unspecified atom stereocenters. The number of nitrogens with zero attached hydrogens (tertiary/aromatic N) is 4. The summed E-state index contributed by atoms with van der Waals surface area (Å²) in [6.07, 6.45) is 6.48. The zero-order chi connectivity index (χ0) is 18.5. The summed E-state index contributed by atoms with van der Waals surface area (Å²) >= 11 is 0. The minimum Gasteiger partial charge on any atom is -0.334 e. The van der Waals surface area contributed by atoms with Crippen LogP contribution in [0.2, 0.25) is 0 Å². The van der Waals surface area contributed by atoms with E-state index in [4.69, 9.17) is 0 Å². The number of amides is 2. The van der Waals surface area contributed by atoms with Crippen LogP contribution in [0.1, 0.15) is 25.8 Å². The Labute approximate surface area is 155 Å². The molecule has 1 aliphatic heterocycles. The largest absolute Gasteiger partial charge is 0.334 e. The zero-order valence-electron chi connectivity index (χ0n) is 15.9. The summed E-state index contributed by atoms with van der Waals surface area (Å²) in [6.45, 7) is 8.14. The number of aromatic nitrogens is 2. The summed E-state index contributed by atoms with van der Waals surface area (Å²) in [5, 5.41) is 3.08. The number of urea groups is 1. The van der Waals surface area contributed by atoms with Gasteiger partial charge in [-0.2, -0.15) is 0 Å². The van der Waals surface area contributed by atoms with Gasteiger partial charge in [-0.25, -0.2) is 9.78 Å². The van der Waals surface area contributed by atoms with Crippen LogP contribution in [-0.4, -0.2) is 58.1 Å². The van der Waals surface area contributed by atoms with Crippen LogP contribution >= 0.6 is 0 Å². The second kappa shape index (κ2) is 8.36. The molecule has 0 saturated carbocycles. The van der Waals surface area contributed by atoms with Crippen LogP contribution in [0.3, 0.4) is 0 Å². The number of para-hydroxylation sites is 1. The third-order valence-electron chi connectivity index (χ3n) is 5.41. The first-order chi connectivity index (χ1) is 12.6. The van der Waals surface area contributed by atoms with Gasteiger partial charge in [-0.3, -0.25) is 0 Å². The summed E-state index contributed by atoms with van der Waals surface area (Å²) in [7, 11) is 1.92. The molecule has 3 rings (SSSR count). The Hall–Kier alpha value is -2.34. The standard InChI is InChI=1S/C20H29N5O/c1-4-24-11-9-18(16(2)14-24)23(3)20(26)22-13-17-7-5-6-8-19(17)25-12-10-21-15-25/h5-8,10,12,15-16,18H,4,9,11,13-14H2,1-3H3,(H,22,26). The lowest BCUT2D eigenvalue weighted by atomic mass is 9.93. The number of rotatable bonds is 5. The van der Waals surface area contributed by atoms with E-state index in [1.54, 1.807) is 12.5 Å². The molecule has 2 atom stereocenters. The van der Waals surface area contributed by atoms with Gasteiger partial charge in [0, 0.05) is 45.1 Å². The Balaban J connectivity index is 1.61. The highest BCUT2D eigenvalue weighted by Crippen LogP contribution is 2.21. The maximum atomic E-state index is 12.7. The number of imidazole rings is 1. The SMILES string of the molecule is CCN1CCC(N(C)C(=O)NCc2ccccc2-n2ccnc2)C(C)C1. The monoisotopic (exact) mass is 355 g/mol. The van der Waals surface area contributed by atoms with Crippen molar-refractivity contribution in [2.75, 3.05) is 26.7 Å². The van der Waals surface area contributed by atoms with Gasteiger partial charge in [0.05, 0.1) is 12.0 Å². The first kappa shape index (κ1) is 18.5. The van der Waals surface area contributed by atoms with Gasteiger partial charge in [-0.1, -0.05) is 32.0 Å². The third kappa shape index (κ3) is 4.07. The molecule has 1 saturated heterocycles. The molecule has 2 aromatic rings. The number of hydrogen-bond donors (Lipinski definition) is 1. The van der Waals surface area contributed by atoms with E-state index in [0.717, 1.165) is 37.3 Å². The Morgan fingerprint density at radius 2 is 2.19 bits per heavy atom. The average molecular weight is 355 g/mol. The second-order valence-corrected chi connectivity index (χ2v) is 7.09. The van der Waals surface area contributed by atoms with E-state index in [2.05, 4.69) is 29.0 Å². The van der Waals surface area contributed by atoms with Crippen LogP contribution in [0.4, 0.5) is 4.79 Å². The molecule has 6 heteroatoms. The van der Waals surface area contributed by atoms with E-state index >= 15 is 0 Å². The Kier molecular flexibility index (Phi) is 5.93. The van der Waals surface area contributed by atoms with Gasteiger partial charge >= 0.3 is 6.03 Å². The lowest BCUT2D eigenvalue weighted by molar-refractivity contribution is 0.0962. The third-order valence-corrected chi connectivity index (χ3v) is 5.41. The molecule has 0 bridgehead atoms. The van der Waals surface area contributed by atoms with Crippen molar-refractivity contribution in [3.05, 3.63) is 48.5 Å². The maximum Gasteiger partial charge on any atom is 0.317 e. The fourth-order valence-corrected chi connectivity index (χ4v) is 3.84. The van der Waals surface area contributed by atoms with Crippen LogP contribution in [-0.2, 0) is 6.54 Å². The number of carbonyl (C=O) groups is 1. The predicted octanol–water partition coefficient (Wildman–Crippen LogP) is 2.74. The molecule has 26 heavy (non-hydrogen) atoms. The molecule has 6 nitrogen and oxygen atoms in total. The number of hydrogen-bond acceptors (Lipinski definition) is 3. The maximum absolute atomic E-state index is 12.7. The molecule has 0 spiro atoms. The average Bonchev–Trinajstić information content (AvgIpc) is 3.20. The number of benzene rings is 1. The van der Waals surface area contributed by atoms with E-state index < -0.39 is 0 Å². The fourth-order valence-electron chi connectivity index (χ4n) is 3.84. The molecule has 2 amide bonds. The molecule has 1 N–H and O–H groups in total. The van der Waals surface area contributed by atoms with E-state index in [1.807, 2.05) is 47.0 Å². The molecule has 1 aromatic heterocycles. The predicted molar refractivity (Wildman–Crippen MR) is 103 cm³/mol. The van der Waals surface area contributed by atoms with Gasteiger partial charge in [0.1, 0.15) is 0 Å². The summed E-state index contributed by atoms with van der Waals surface area (Å²) in [4.78, 5) is 21.1. The normalized spacial score (nSPS) is 20.7. The summed E-state index contributed by atoms with van der Waals surface area (Å²) in [6, 6.07) is 8.35. The lowest BCUT2D eigenvalue weighted by Crippen LogP contribution is -2.52. The molecule has 2 heterocycles. The van der Waals surface area contributed by atoms with Crippen molar-refractivity contribution in [2.45, 2.75) is 32.9 Å². The highest BCUT2D eigenvalue weighted by atomic mass is 16.2. The molecule has 1 fully saturated rings. The number of carbonyl (C=O) groups excluding carboxylic acids is 1. The molecule has 1 aromatic carbocycles. The highest BCUT2D eigenvalue weighted by Gasteiger charge is 2.30. The van der Waals surface area contributed by atoms with Crippen LogP contribution < -0.4 is 5.32 Å². The van der Waals surface area contributed by atoms with Gasteiger partial charge < -0.3 is 19.7 Å². The van der Waals surface area contributed by atoms with Crippen molar-refractivity contribution in [3.8, 4) is 5.69 Å². The fraction of sp³-hybridized carbons (Fsp3) is 0.500. The van der Waals surface area contributed by atoms with Crippen molar-refractivity contribution in [2.24, 2.45) is 5.92 Å². The van der Waals surface area contributed by atoms with E-state index in [-0.39, 0.29) is 6.03 Å². The quantitative estimate of drug-likeness (QED) is 0.897. The zero-order valence-corrected chi connectivity index (χ0v) is 15.9. The minimum absolute atomic E-state index is 0.00719. The van der Waals surface area contributed by atoms with Crippen molar-refractivity contribution in [1.82, 2.24) is 24.7 Å². The van der Waals surface area contributed by atoms with Gasteiger partial charge in [0.2, 0.25) is 0 Å². The second-order valence-electron chi connectivity index (χ2n) is 7.09. The van der Waals surface area contributed by atoms with E-state index in [0.29, 0.717) is 18.5 Å². The molecule has 0 radical (unpaired) electrons. The topological polar surface area (TPSA) is 53.4 Å². The van der Waals surface area contributed by atoms with Gasteiger partial charge in [-0.05, 0) is 30.5 Å². The summed E-state index contributed by atoms with van der Waals surface area (Å²) in [5.74, 6) is 0.484.